The zero-order valence-electron chi connectivity index (χ0n) is 16.4. The summed E-state index contributed by atoms with van der Waals surface area (Å²) < 4.78 is 13.6. The molecule has 31 heavy (non-hydrogen) atoms. The van der Waals surface area contributed by atoms with E-state index in [1.54, 1.807) is 42.6 Å². The fourth-order valence-electron chi connectivity index (χ4n) is 3.12. The van der Waals surface area contributed by atoms with Crippen molar-refractivity contribution >= 4 is 34.1 Å². The van der Waals surface area contributed by atoms with Crippen LogP contribution in [0.4, 0.5) is 15.8 Å². The summed E-state index contributed by atoms with van der Waals surface area (Å²) in [7, 11) is 0. The number of benzene rings is 3. The number of hydrogen-bond acceptors (Lipinski definition) is 4. The van der Waals surface area contributed by atoms with Gasteiger partial charge < -0.3 is 5.32 Å². The van der Waals surface area contributed by atoms with Gasteiger partial charge in [-0.05, 0) is 48.0 Å². The van der Waals surface area contributed by atoms with Gasteiger partial charge in [0.05, 0.1) is 11.9 Å². The summed E-state index contributed by atoms with van der Waals surface area (Å²) in [5.74, 6) is -1.45. The molecule has 0 unspecified atom stereocenters. The maximum Gasteiger partial charge on any atom is 0.269 e. The van der Waals surface area contributed by atoms with Crippen LogP contribution in [0.5, 0.6) is 0 Å². The molecule has 0 radical (unpaired) electrons. The van der Waals surface area contributed by atoms with Crippen molar-refractivity contribution in [2.24, 2.45) is 0 Å². The van der Waals surface area contributed by atoms with Crippen molar-refractivity contribution < 1.29 is 14.0 Å². The van der Waals surface area contributed by atoms with Crippen LogP contribution in [-0.4, -0.2) is 16.8 Å². The maximum atomic E-state index is 13.6. The normalized spacial score (nSPS) is 10.5. The Morgan fingerprint density at radius 2 is 1.58 bits per heavy atom. The summed E-state index contributed by atoms with van der Waals surface area (Å²) >= 11 is 0. The number of rotatable bonds is 5. The van der Waals surface area contributed by atoms with Crippen molar-refractivity contribution in [2.45, 2.75) is 6.42 Å². The number of fused-ring (bicyclic) bond motifs is 1. The molecule has 0 aliphatic carbocycles. The standard InChI is InChI=1S/C24H19FN4O2/c25-20-7-3-1-5-17(20)15-23(30)28-29-24(31)16-9-11-18(12-10-16)27-22-13-14-26-21-8-4-2-6-19(21)22/h1-14H,15H2,(H,26,27)(H,28,30)(H,29,31). The van der Waals surface area contributed by atoms with E-state index in [4.69, 9.17) is 0 Å². The van der Waals surface area contributed by atoms with Crippen LogP contribution in [0, 0.1) is 5.82 Å². The number of halogens is 1. The monoisotopic (exact) mass is 414 g/mol. The van der Waals surface area contributed by atoms with E-state index in [0.29, 0.717) is 5.56 Å². The Balaban J connectivity index is 1.36. The first-order chi connectivity index (χ1) is 15.1. The zero-order valence-corrected chi connectivity index (χ0v) is 16.4. The highest BCUT2D eigenvalue weighted by molar-refractivity contribution is 5.96. The maximum absolute atomic E-state index is 13.6. The van der Waals surface area contributed by atoms with E-state index in [1.807, 2.05) is 30.3 Å². The van der Waals surface area contributed by atoms with E-state index in [9.17, 15) is 14.0 Å². The van der Waals surface area contributed by atoms with Gasteiger partial charge in [0.25, 0.3) is 5.91 Å². The highest BCUT2D eigenvalue weighted by Crippen LogP contribution is 2.24. The molecule has 1 aromatic heterocycles. The fourth-order valence-corrected chi connectivity index (χ4v) is 3.12. The number of hydrazine groups is 1. The molecule has 0 saturated carbocycles. The summed E-state index contributed by atoms with van der Waals surface area (Å²) in [5.41, 5.74) is 7.87. The molecule has 0 saturated heterocycles. The number of pyridine rings is 1. The first-order valence-electron chi connectivity index (χ1n) is 9.63. The highest BCUT2D eigenvalue weighted by Gasteiger charge is 2.10. The molecule has 0 spiro atoms. The van der Waals surface area contributed by atoms with E-state index >= 15 is 0 Å². The van der Waals surface area contributed by atoms with Crippen LogP contribution in [0.3, 0.4) is 0 Å². The second-order valence-corrected chi connectivity index (χ2v) is 6.85. The van der Waals surface area contributed by atoms with E-state index in [1.165, 1.54) is 12.1 Å². The van der Waals surface area contributed by atoms with Crippen LogP contribution >= 0.6 is 0 Å². The molecule has 0 aliphatic heterocycles. The van der Waals surface area contributed by atoms with Crippen LogP contribution in [0.1, 0.15) is 15.9 Å². The molecule has 1 heterocycles. The number of carbonyl (C=O) groups excluding carboxylic acids is 2. The fraction of sp³-hybridized carbons (Fsp3) is 0.0417. The Morgan fingerprint density at radius 3 is 2.39 bits per heavy atom. The minimum absolute atomic E-state index is 0.171. The molecule has 2 amide bonds. The largest absolute Gasteiger partial charge is 0.355 e. The topological polar surface area (TPSA) is 83.1 Å². The number of aromatic nitrogens is 1. The lowest BCUT2D eigenvalue weighted by Crippen LogP contribution is -2.42. The second kappa shape index (κ2) is 9.04. The molecule has 4 aromatic rings. The van der Waals surface area contributed by atoms with E-state index in [0.717, 1.165) is 22.3 Å². The molecule has 3 N–H and O–H groups in total. The van der Waals surface area contributed by atoms with Gasteiger partial charge in [-0.2, -0.15) is 0 Å². The van der Waals surface area contributed by atoms with Crippen LogP contribution in [0.25, 0.3) is 10.9 Å². The molecule has 0 aliphatic rings. The third kappa shape index (κ3) is 4.84. The van der Waals surface area contributed by atoms with Gasteiger partial charge >= 0.3 is 0 Å². The minimum Gasteiger partial charge on any atom is -0.355 e. The second-order valence-electron chi connectivity index (χ2n) is 6.85. The van der Waals surface area contributed by atoms with Gasteiger partial charge in [0.1, 0.15) is 5.82 Å². The Bertz CT molecular complexity index is 1240. The van der Waals surface area contributed by atoms with Gasteiger partial charge in [0.2, 0.25) is 5.91 Å². The number of nitrogens with zero attached hydrogens (tertiary/aromatic N) is 1. The number of carbonyl (C=O) groups is 2. The van der Waals surface area contributed by atoms with Crippen LogP contribution in [0.2, 0.25) is 0 Å². The first-order valence-corrected chi connectivity index (χ1v) is 9.63. The zero-order chi connectivity index (χ0) is 21.6. The highest BCUT2D eigenvalue weighted by atomic mass is 19.1. The Kier molecular flexibility index (Phi) is 5.84. The van der Waals surface area contributed by atoms with E-state index in [2.05, 4.69) is 21.2 Å². The summed E-state index contributed by atoms with van der Waals surface area (Å²) in [4.78, 5) is 28.6. The van der Waals surface area contributed by atoms with Gasteiger partial charge in [-0.25, -0.2) is 4.39 Å². The van der Waals surface area contributed by atoms with Gasteiger partial charge in [-0.3, -0.25) is 25.4 Å². The lowest BCUT2D eigenvalue weighted by Gasteiger charge is -2.11. The van der Waals surface area contributed by atoms with Crippen molar-refractivity contribution in [3.05, 3.63) is 102 Å². The third-order valence-corrected chi connectivity index (χ3v) is 4.70. The molecule has 0 atom stereocenters. The lowest BCUT2D eigenvalue weighted by atomic mass is 10.1. The van der Waals surface area contributed by atoms with Gasteiger partial charge in [0, 0.05) is 28.5 Å². The summed E-state index contributed by atoms with van der Waals surface area (Å²) in [5, 5.41) is 4.31. The number of nitrogens with one attached hydrogen (secondary N) is 3. The number of para-hydroxylation sites is 1. The average molecular weight is 414 g/mol. The van der Waals surface area contributed by atoms with Crippen molar-refractivity contribution in [2.75, 3.05) is 5.32 Å². The molecule has 0 fully saturated rings. The number of amides is 2. The number of hydrogen-bond donors (Lipinski definition) is 3. The Hall–Kier alpha value is -4.26. The summed E-state index contributed by atoms with van der Waals surface area (Å²) in [6.45, 7) is 0. The van der Waals surface area contributed by atoms with Crippen molar-refractivity contribution in [3.63, 3.8) is 0 Å². The first kappa shape index (κ1) is 20.0. The Labute approximate surface area is 178 Å². The van der Waals surface area contributed by atoms with Gasteiger partial charge in [0.15, 0.2) is 0 Å². The Morgan fingerprint density at radius 1 is 0.839 bits per heavy atom. The minimum atomic E-state index is -0.513. The molecule has 3 aromatic carbocycles. The molecule has 0 bridgehead atoms. The van der Waals surface area contributed by atoms with Crippen molar-refractivity contribution in [1.82, 2.24) is 15.8 Å². The van der Waals surface area contributed by atoms with Gasteiger partial charge in [-0.15, -0.1) is 0 Å². The van der Waals surface area contributed by atoms with Crippen LogP contribution in [-0.2, 0) is 11.2 Å². The summed E-state index contributed by atoms with van der Waals surface area (Å²) in [6, 6.07) is 22.5. The number of anilines is 2. The van der Waals surface area contributed by atoms with Crippen molar-refractivity contribution in [1.29, 1.82) is 0 Å². The SMILES string of the molecule is O=C(Cc1ccccc1F)NNC(=O)c1ccc(Nc2ccnc3ccccc23)cc1. The van der Waals surface area contributed by atoms with E-state index < -0.39 is 17.6 Å². The van der Waals surface area contributed by atoms with Crippen molar-refractivity contribution in [3.8, 4) is 0 Å². The predicted octanol–water partition coefficient (Wildman–Crippen LogP) is 4.12. The van der Waals surface area contributed by atoms with Crippen LogP contribution < -0.4 is 16.2 Å². The molecule has 7 heteroatoms. The average Bonchev–Trinajstić information content (AvgIpc) is 2.80. The molecular weight excluding hydrogens is 395 g/mol. The molecule has 6 nitrogen and oxygen atoms in total. The van der Waals surface area contributed by atoms with Crippen LogP contribution in [0.15, 0.2) is 85.1 Å². The summed E-state index contributed by atoms with van der Waals surface area (Å²) in [6.07, 6.45) is 1.56. The quantitative estimate of drug-likeness (QED) is 0.429. The van der Waals surface area contributed by atoms with Gasteiger partial charge in [-0.1, -0.05) is 36.4 Å². The lowest BCUT2D eigenvalue weighted by molar-refractivity contribution is -0.121. The molecule has 4 rings (SSSR count). The molecule has 154 valence electrons. The predicted molar refractivity (Wildman–Crippen MR) is 117 cm³/mol. The smallest absolute Gasteiger partial charge is 0.269 e. The molecular formula is C24H19FN4O2. The van der Waals surface area contributed by atoms with E-state index in [-0.39, 0.29) is 12.0 Å². The third-order valence-electron chi connectivity index (χ3n) is 4.70.